The molecule has 0 aliphatic heterocycles. The maximum absolute atomic E-state index is 13.4. The molecule has 1 aromatic heterocycles. The van der Waals surface area contributed by atoms with Crippen LogP contribution in [0.5, 0.6) is 17.2 Å². The summed E-state index contributed by atoms with van der Waals surface area (Å²) in [6.45, 7) is 2.11. The first kappa shape index (κ1) is 19.5. The third-order valence-corrected chi connectivity index (χ3v) is 6.47. The molecule has 0 saturated carbocycles. The fraction of sp³-hybridized carbons (Fsp3) is 0.167. The van der Waals surface area contributed by atoms with Gasteiger partial charge in [0.1, 0.15) is 11.5 Å². The number of rotatable bonds is 6. The summed E-state index contributed by atoms with van der Waals surface area (Å²) >= 11 is 0. The van der Waals surface area contributed by atoms with Gasteiger partial charge in [0.25, 0.3) is 0 Å². The number of hydrogen-bond donors (Lipinski definition) is 1. The van der Waals surface area contributed by atoms with E-state index in [1.165, 1.54) is 0 Å². The van der Waals surface area contributed by atoms with Gasteiger partial charge in [-0.25, -0.2) is 0 Å². The van der Waals surface area contributed by atoms with Crippen molar-refractivity contribution in [1.29, 1.82) is 0 Å². The van der Waals surface area contributed by atoms with Crippen LogP contribution < -0.4 is 9.47 Å². The maximum Gasteiger partial charge on any atom is 0.223 e. The summed E-state index contributed by atoms with van der Waals surface area (Å²) in [4.78, 5) is 0.672. The van der Waals surface area contributed by atoms with Crippen molar-refractivity contribution in [2.75, 3.05) is 13.7 Å². The molecule has 1 N–H and O–H groups in total. The zero-order chi connectivity index (χ0) is 20.4. The highest BCUT2D eigenvalue weighted by molar-refractivity contribution is 7.35. The molecular weight excluding hydrogens is 384 g/mol. The van der Waals surface area contributed by atoms with Gasteiger partial charge in [0, 0.05) is 18.2 Å². The monoisotopic (exact) mass is 406 g/mol. The van der Waals surface area contributed by atoms with Gasteiger partial charge in [0.05, 0.1) is 12.5 Å². The van der Waals surface area contributed by atoms with Crippen LogP contribution in [0.25, 0.3) is 20.5 Å². The second kappa shape index (κ2) is 8.25. The number of thiophene rings is 1. The molecule has 4 rings (SSSR count). The van der Waals surface area contributed by atoms with Gasteiger partial charge in [-0.1, -0.05) is 30.3 Å². The molecule has 5 heteroatoms. The Kier molecular flexibility index (Phi) is 5.53. The Balaban J connectivity index is 1.88. The quantitative estimate of drug-likeness (QED) is 0.406. The molecule has 0 radical (unpaired) electrons. The summed E-state index contributed by atoms with van der Waals surface area (Å²) in [5, 5.41) is 9.91. The number of hydrogen-bond acceptors (Lipinski definition) is 4. The molecule has 0 bridgehead atoms. The maximum atomic E-state index is 13.4. The molecule has 3 aromatic carbocycles. The molecule has 0 saturated heterocycles. The van der Waals surface area contributed by atoms with Crippen LogP contribution >= 0.6 is 10.8 Å². The molecule has 1 unspecified atom stereocenters. The fourth-order valence-corrected chi connectivity index (χ4v) is 4.96. The third-order valence-electron chi connectivity index (χ3n) is 4.96. The summed E-state index contributed by atoms with van der Waals surface area (Å²) < 4.78 is 25.7. The van der Waals surface area contributed by atoms with Gasteiger partial charge >= 0.3 is 0 Å². The molecule has 0 amide bonds. The molecule has 0 spiro atoms. The SMILES string of the molecule is COc1ccc2c(Oc3ccc(CCO)cc3)c(-c3ccccc3C)[s+]([O-])c2c1. The topological polar surface area (TPSA) is 61.8 Å². The predicted octanol–water partition coefficient (Wildman–Crippen LogP) is 5.88. The van der Waals surface area contributed by atoms with Crippen LogP contribution in [0, 0.1) is 6.92 Å². The normalized spacial score (nSPS) is 11.7. The Morgan fingerprint density at radius 2 is 1.69 bits per heavy atom. The second-order valence-corrected chi connectivity index (χ2v) is 8.21. The Labute approximate surface area is 172 Å². The number of ether oxygens (including phenoxy) is 2. The van der Waals surface area contributed by atoms with E-state index in [-0.39, 0.29) is 6.61 Å². The fourth-order valence-electron chi connectivity index (χ4n) is 3.41. The van der Waals surface area contributed by atoms with E-state index in [0.29, 0.717) is 33.2 Å². The van der Waals surface area contributed by atoms with Crippen LogP contribution in [0.1, 0.15) is 11.1 Å². The lowest BCUT2D eigenvalue weighted by Gasteiger charge is -2.09. The number of aliphatic hydroxyl groups excluding tert-OH is 1. The molecule has 0 aliphatic carbocycles. The molecule has 148 valence electrons. The Bertz CT molecular complexity index is 1150. The van der Waals surface area contributed by atoms with Gasteiger partial charge in [-0.05, 0) is 65.6 Å². The lowest BCUT2D eigenvalue weighted by Crippen LogP contribution is -1.91. The summed E-state index contributed by atoms with van der Waals surface area (Å²) in [6, 6.07) is 21.0. The molecule has 1 atom stereocenters. The van der Waals surface area contributed by atoms with E-state index in [1.54, 1.807) is 7.11 Å². The first-order valence-electron chi connectivity index (χ1n) is 9.40. The van der Waals surface area contributed by atoms with E-state index in [4.69, 9.17) is 14.6 Å². The van der Waals surface area contributed by atoms with Crippen molar-refractivity contribution in [3.05, 3.63) is 77.9 Å². The van der Waals surface area contributed by atoms with Crippen LogP contribution in [0.3, 0.4) is 0 Å². The Morgan fingerprint density at radius 1 is 0.966 bits per heavy atom. The molecule has 0 aliphatic rings. The Hall–Kier alpha value is -2.86. The predicted molar refractivity (Wildman–Crippen MR) is 117 cm³/mol. The highest BCUT2D eigenvalue weighted by atomic mass is 32.2. The minimum absolute atomic E-state index is 0.108. The van der Waals surface area contributed by atoms with Crippen molar-refractivity contribution < 1.29 is 19.1 Å². The number of aliphatic hydroxyl groups is 1. The number of benzene rings is 3. The zero-order valence-corrected chi connectivity index (χ0v) is 17.2. The highest BCUT2D eigenvalue weighted by Gasteiger charge is 2.27. The molecule has 29 heavy (non-hydrogen) atoms. The Morgan fingerprint density at radius 3 is 2.38 bits per heavy atom. The molecule has 1 heterocycles. The molecule has 4 aromatic rings. The minimum atomic E-state index is -1.38. The molecule has 4 nitrogen and oxygen atoms in total. The van der Waals surface area contributed by atoms with Crippen LogP contribution in [0.4, 0.5) is 0 Å². The van der Waals surface area contributed by atoms with Crippen molar-refractivity contribution in [3.63, 3.8) is 0 Å². The average Bonchev–Trinajstić information content (AvgIpc) is 3.01. The van der Waals surface area contributed by atoms with Gasteiger partial charge in [-0.2, -0.15) is 0 Å². The standard InChI is InChI=1S/C24H22O4S/c1-16-5-3-4-6-20(16)24-23(28-18-9-7-17(8-10-18)13-14-25)21-12-11-19(27-2)15-22(21)29(24)26/h3-12,15,25H,13-14H2,1-2H3. The highest BCUT2D eigenvalue weighted by Crippen LogP contribution is 2.52. The van der Waals surface area contributed by atoms with E-state index >= 15 is 0 Å². The average molecular weight is 407 g/mol. The first-order valence-corrected chi connectivity index (χ1v) is 10.6. The number of fused-ring (bicyclic) bond motifs is 1. The third kappa shape index (κ3) is 3.72. The summed E-state index contributed by atoms with van der Waals surface area (Å²) in [6.07, 6.45) is 0.601. The summed E-state index contributed by atoms with van der Waals surface area (Å²) in [5.74, 6) is 1.93. The summed E-state index contributed by atoms with van der Waals surface area (Å²) in [5.41, 5.74) is 2.98. The summed E-state index contributed by atoms with van der Waals surface area (Å²) in [7, 11) is 0.220. The lowest BCUT2D eigenvalue weighted by molar-refractivity contribution is 0.299. The van der Waals surface area contributed by atoms with Crippen molar-refractivity contribution in [2.24, 2.45) is 0 Å². The second-order valence-electron chi connectivity index (χ2n) is 6.82. The zero-order valence-electron chi connectivity index (χ0n) is 16.3. The largest absolute Gasteiger partial charge is 0.590 e. The number of methoxy groups -OCH3 is 1. The van der Waals surface area contributed by atoms with Gasteiger partial charge in [0.15, 0.2) is 10.4 Å². The lowest BCUT2D eigenvalue weighted by atomic mass is 10.1. The van der Waals surface area contributed by atoms with Crippen molar-refractivity contribution in [2.45, 2.75) is 13.3 Å². The first-order chi connectivity index (χ1) is 14.1. The molecular formula is C24H22O4S. The minimum Gasteiger partial charge on any atom is -0.590 e. The van der Waals surface area contributed by atoms with E-state index in [1.807, 2.05) is 73.7 Å². The van der Waals surface area contributed by atoms with Gasteiger partial charge in [0.2, 0.25) is 4.88 Å². The van der Waals surface area contributed by atoms with Gasteiger partial charge < -0.3 is 19.1 Å². The van der Waals surface area contributed by atoms with E-state index in [9.17, 15) is 4.55 Å². The van der Waals surface area contributed by atoms with E-state index < -0.39 is 10.8 Å². The van der Waals surface area contributed by atoms with Crippen molar-refractivity contribution in [1.82, 2.24) is 0 Å². The van der Waals surface area contributed by atoms with E-state index in [0.717, 1.165) is 22.1 Å². The van der Waals surface area contributed by atoms with Crippen LogP contribution in [-0.4, -0.2) is 23.4 Å². The van der Waals surface area contributed by atoms with E-state index in [2.05, 4.69) is 0 Å². The van der Waals surface area contributed by atoms with Crippen LogP contribution in [0.2, 0.25) is 0 Å². The van der Waals surface area contributed by atoms with Gasteiger partial charge in [-0.15, -0.1) is 0 Å². The van der Waals surface area contributed by atoms with Gasteiger partial charge in [-0.3, -0.25) is 0 Å². The smallest absolute Gasteiger partial charge is 0.223 e. The molecule has 0 fully saturated rings. The van der Waals surface area contributed by atoms with Crippen LogP contribution in [0.15, 0.2) is 66.7 Å². The number of aryl methyl sites for hydroxylation is 1. The van der Waals surface area contributed by atoms with Crippen molar-refractivity contribution in [3.8, 4) is 27.7 Å². The van der Waals surface area contributed by atoms with Crippen molar-refractivity contribution >= 4 is 20.8 Å². The van der Waals surface area contributed by atoms with Crippen LogP contribution in [-0.2, 0) is 6.42 Å².